The third-order valence-corrected chi connectivity index (χ3v) is 11.2. The minimum absolute atomic E-state index is 0.0101. The van der Waals surface area contributed by atoms with Crippen molar-refractivity contribution in [1.29, 1.82) is 0 Å². The van der Waals surface area contributed by atoms with Crippen molar-refractivity contribution < 1.29 is 10.2 Å². The van der Waals surface area contributed by atoms with E-state index in [0.29, 0.717) is 17.3 Å². The first-order valence-electron chi connectivity index (χ1n) is 13.2. The van der Waals surface area contributed by atoms with Crippen LogP contribution in [0.5, 0.6) is 0 Å². The van der Waals surface area contributed by atoms with Crippen molar-refractivity contribution in [2.45, 2.75) is 117 Å². The van der Waals surface area contributed by atoms with Gasteiger partial charge in [-0.05, 0) is 97.2 Å². The van der Waals surface area contributed by atoms with E-state index in [-0.39, 0.29) is 11.5 Å². The topological polar surface area (TPSA) is 66.5 Å². The van der Waals surface area contributed by atoms with Gasteiger partial charge in [0.1, 0.15) is 0 Å². The van der Waals surface area contributed by atoms with E-state index in [1.807, 2.05) is 0 Å². The van der Waals surface area contributed by atoms with Gasteiger partial charge in [0, 0.05) is 6.04 Å². The molecule has 4 aliphatic rings. The van der Waals surface area contributed by atoms with Gasteiger partial charge in [-0.15, -0.1) is 0 Å². The summed E-state index contributed by atoms with van der Waals surface area (Å²) in [4.78, 5) is 0. The maximum atomic E-state index is 10.6. The third-order valence-electron chi connectivity index (χ3n) is 11.2. The van der Waals surface area contributed by atoms with Gasteiger partial charge in [0.2, 0.25) is 0 Å². The summed E-state index contributed by atoms with van der Waals surface area (Å²) < 4.78 is 0. The second-order valence-electron chi connectivity index (χ2n) is 12.9. The van der Waals surface area contributed by atoms with Crippen molar-refractivity contribution in [1.82, 2.24) is 0 Å². The van der Waals surface area contributed by atoms with Gasteiger partial charge in [-0.2, -0.15) is 0 Å². The zero-order valence-electron chi connectivity index (χ0n) is 20.3. The number of hydrogen-bond acceptors (Lipinski definition) is 3. The lowest BCUT2D eigenvalue weighted by molar-refractivity contribution is -0.172. The molecule has 0 heterocycles. The lowest BCUT2D eigenvalue weighted by Gasteiger charge is -2.63. The van der Waals surface area contributed by atoms with E-state index in [4.69, 9.17) is 5.73 Å². The minimum Gasteiger partial charge on any atom is -0.390 e. The fraction of sp³-hybridized carbons (Fsp3) is 1.00. The molecular weight excluding hydrogens is 370 g/mol. The van der Waals surface area contributed by atoms with Crippen LogP contribution in [0.3, 0.4) is 0 Å². The van der Waals surface area contributed by atoms with Gasteiger partial charge in [-0.3, -0.25) is 0 Å². The number of fused-ring (bicyclic) bond motifs is 5. The van der Waals surface area contributed by atoms with Crippen LogP contribution in [0.1, 0.15) is 98.8 Å². The van der Waals surface area contributed by atoms with E-state index in [0.717, 1.165) is 36.0 Å². The lowest BCUT2D eigenvalue weighted by atomic mass is 9.43. The molecule has 4 aliphatic carbocycles. The molecule has 174 valence electrons. The van der Waals surface area contributed by atoms with Gasteiger partial charge in [0.25, 0.3) is 0 Å². The summed E-state index contributed by atoms with van der Waals surface area (Å²) in [6.07, 6.45) is 11.4. The van der Waals surface area contributed by atoms with E-state index >= 15 is 0 Å². The normalized spacial score (nSPS) is 51.9. The number of rotatable bonds is 5. The zero-order valence-corrected chi connectivity index (χ0v) is 20.3. The Labute approximate surface area is 185 Å². The second kappa shape index (κ2) is 8.34. The molecule has 4 fully saturated rings. The highest BCUT2D eigenvalue weighted by Crippen LogP contribution is 2.68. The second-order valence-corrected chi connectivity index (χ2v) is 12.9. The highest BCUT2D eigenvalue weighted by atomic mass is 16.3. The summed E-state index contributed by atoms with van der Waals surface area (Å²) in [5.41, 5.74) is 7.17. The molecule has 3 nitrogen and oxygen atoms in total. The predicted octanol–water partition coefficient (Wildman–Crippen LogP) is 5.38. The van der Waals surface area contributed by atoms with E-state index in [1.54, 1.807) is 0 Å². The largest absolute Gasteiger partial charge is 0.390 e. The molecule has 4 saturated carbocycles. The first-order chi connectivity index (χ1) is 14.1. The quantitative estimate of drug-likeness (QED) is 0.561. The van der Waals surface area contributed by atoms with Gasteiger partial charge in [0.15, 0.2) is 0 Å². The van der Waals surface area contributed by atoms with E-state index in [1.165, 1.54) is 57.8 Å². The van der Waals surface area contributed by atoms with Crippen molar-refractivity contribution in [3.63, 3.8) is 0 Å². The first-order valence-corrected chi connectivity index (χ1v) is 13.2. The number of nitrogens with two attached hydrogens (primary N) is 1. The monoisotopic (exact) mass is 419 g/mol. The van der Waals surface area contributed by atoms with Crippen molar-refractivity contribution in [2.75, 3.05) is 0 Å². The van der Waals surface area contributed by atoms with Crippen LogP contribution in [0.15, 0.2) is 0 Å². The molecule has 4 unspecified atom stereocenters. The van der Waals surface area contributed by atoms with Gasteiger partial charge in [-0.25, -0.2) is 0 Å². The van der Waals surface area contributed by atoms with Gasteiger partial charge >= 0.3 is 0 Å². The molecule has 0 aromatic rings. The van der Waals surface area contributed by atoms with Crippen LogP contribution in [-0.2, 0) is 0 Å². The molecule has 0 saturated heterocycles. The Morgan fingerprint density at radius 3 is 2.37 bits per heavy atom. The summed E-state index contributed by atoms with van der Waals surface area (Å²) in [5, 5.41) is 21.0. The number of hydrogen-bond donors (Lipinski definition) is 3. The molecule has 0 bridgehead atoms. The van der Waals surface area contributed by atoms with Crippen molar-refractivity contribution in [3.05, 3.63) is 0 Å². The van der Waals surface area contributed by atoms with Crippen LogP contribution in [0.4, 0.5) is 0 Å². The highest BCUT2D eigenvalue weighted by Gasteiger charge is 2.63. The molecule has 0 aliphatic heterocycles. The summed E-state index contributed by atoms with van der Waals surface area (Å²) in [6, 6.07) is -0.282. The molecule has 0 radical (unpaired) electrons. The summed E-state index contributed by atoms with van der Waals surface area (Å²) in [6.45, 7) is 12.2. The molecule has 0 amide bonds. The number of aliphatic hydroxyl groups excluding tert-OH is 2. The molecular formula is C27H49NO2. The van der Waals surface area contributed by atoms with Gasteiger partial charge in [-0.1, -0.05) is 53.9 Å². The predicted molar refractivity (Wildman–Crippen MR) is 124 cm³/mol. The maximum Gasteiger partial charge on any atom is 0.0955 e. The Kier molecular flexibility index (Phi) is 6.41. The fourth-order valence-corrected chi connectivity index (χ4v) is 9.42. The smallest absolute Gasteiger partial charge is 0.0955 e. The van der Waals surface area contributed by atoms with Crippen LogP contribution in [0.25, 0.3) is 0 Å². The average molecular weight is 420 g/mol. The summed E-state index contributed by atoms with van der Waals surface area (Å²) >= 11 is 0. The fourth-order valence-electron chi connectivity index (χ4n) is 9.42. The summed E-state index contributed by atoms with van der Waals surface area (Å²) in [7, 11) is 0. The van der Waals surface area contributed by atoms with E-state index in [9.17, 15) is 10.2 Å². The molecule has 0 aromatic heterocycles. The molecule has 11 atom stereocenters. The van der Waals surface area contributed by atoms with Crippen molar-refractivity contribution >= 4 is 0 Å². The minimum atomic E-state index is -0.754. The van der Waals surface area contributed by atoms with E-state index < -0.39 is 12.2 Å². The van der Waals surface area contributed by atoms with Crippen LogP contribution < -0.4 is 5.73 Å². The Bertz CT molecular complexity index is 604. The highest BCUT2D eigenvalue weighted by molar-refractivity contribution is 5.14. The van der Waals surface area contributed by atoms with Crippen LogP contribution in [0, 0.1) is 52.3 Å². The average Bonchev–Trinajstić information content (AvgIpc) is 3.04. The van der Waals surface area contributed by atoms with E-state index in [2.05, 4.69) is 34.6 Å². The molecule has 0 spiro atoms. The SMILES string of the molecule is CC(C)CCC[C@@H](C)[C@H]1CCC2C3CCC4C[C@@H](O)[C@@H](O)[C@H](N)[C@]4(C)C3CC[C@@]21C. The molecule has 4 rings (SSSR count). The maximum absolute atomic E-state index is 10.6. The molecule has 3 heteroatoms. The van der Waals surface area contributed by atoms with Crippen molar-refractivity contribution in [2.24, 2.45) is 58.0 Å². The Hall–Kier alpha value is -0.120. The first kappa shape index (κ1) is 23.1. The Morgan fingerprint density at radius 1 is 0.933 bits per heavy atom. The Morgan fingerprint density at radius 2 is 1.67 bits per heavy atom. The zero-order chi connectivity index (χ0) is 21.8. The van der Waals surface area contributed by atoms with Crippen molar-refractivity contribution in [3.8, 4) is 0 Å². The molecule has 0 aromatic carbocycles. The van der Waals surface area contributed by atoms with Crippen LogP contribution >= 0.6 is 0 Å². The van der Waals surface area contributed by atoms with Gasteiger partial charge in [0.05, 0.1) is 12.2 Å². The number of aliphatic hydroxyl groups is 2. The standard InChI is InChI=1S/C27H49NO2/c1-16(2)7-6-8-17(3)20-11-12-21-19-10-9-18-15-23(29)24(30)25(28)27(18,5)22(19)13-14-26(20,21)4/h16-25,29-30H,6-15,28H2,1-5H3/t17-,18?,19?,20-,21?,22?,23-,24-,25+,26-,27+/m1/s1. The van der Waals surface area contributed by atoms with Gasteiger partial charge < -0.3 is 15.9 Å². The van der Waals surface area contributed by atoms with Crippen LogP contribution in [0.2, 0.25) is 0 Å². The van der Waals surface area contributed by atoms with Crippen LogP contribution in [-0.4, -0.2) is 28.5 Å². The summed E-state index contributed by atoms with van der Waals surface area (Å²) in [5.74, 6) is 5.26. The lowest BCUT2D eigenvalue weighted by Crippen LogP contribution is -2.66. The third kappa shape index (κ3) is 3.50. The molecule has 4 N–H and O–H groups in total. The Balaban J connectivity index is 1.51. The molecule has 30 heavy (non-hydrogen) atoms.